The predicted molar refractivity (Wildman–Crippen MR) is 91.7 cm³/mol. The molecule has 0 bridgehead atoms. The van der Waals surface area contributed by atoms with Crippen LogP contribution >= 0.6 is 24.0 Å². The zero-order chi connectivity index (χ0) is 15.7. The molecule has 0 saturated carbocycles. The lowest BCUT2D eigenvalue weighted by Gasteiger charge is -2.25. The zero-order valence-electron chi connectivity index (χ0n) is 12.8. The first kappa shape index (κ1) is 18.1. The number of urea groups is 1. The number of carbonyl (C=O) groups excluding carboxylic acids is 1. The van der Waals surface area contributed by atoms with Crippen LogP contribution in [0.4, 0.5) is 10.5 Å². The van der Waals surface area contributed by atoms with Gasteiger partial charge in [0.25, 0.3) is 0 Å². The normalized spacial score (nSPS) is 25.7. The molecule has 1 aromatic carbocycles. The fourth-order valence-electron chi connectivity index (χ4n) is 3.37. The first-order valence-corrected chi connectivity index (χ1v) is 7.67. The third kappa shape index (κ3) is 3.35. The Labute approximate surface area is 146 Å². The molecule has 0 spiro atoms. The number of benzene rings is 1. The number of nitrogens with zero attached hydrogens (tertiary/aromatic N) is 1. The van der Waals surface area contributed by atoms with E-state index in [-0.39, 0.29) is 30.5 Å². The molecule has 8 heteroatoms. The van der Waals surface area contributed by atoms with E-state index in [0.717, 1.165) is 13.1 Å². The molecule has 0 radical (unpaired) electrons. The minimum atomic E-state index is -0.213. The van der Waals surface area contributed by atoms with Gasteiger partial charge in [-0.2, -0.15) is 0 Å². The minimum absolute atomic E-state index is 0. The van der Waals surface area contributed by atoms with Crippen LogP contribution in [-0.4, -0.2) is 55.9 Å². The summed E-state index contributed by atoms with van der Waals surface area (Å²) in [5, 5.41) is 16.4. The smallest absolute Gasteiger partial charge is 0.321 e. The average molecular weight is 362 g/mol. The van der Waals surface area contributed by atoms with Crippen molar-refractivity contribution in [3.8, 4) is 5.75 Å². The van der Waals surface area contributed by atoms with Gasteiger partial charge < -0.3 is 25.4 Å². The van der Waals surface area contributed by atoms with Gasteiger partial charge in [-0.25, -0.2) is 4.79 Å². The van der Waals surface area contributed by atoms with E-state index in [1.165, 1.54) is 0 Å². The van der Waals surface area contributed by atoms with E-state index in [9.17, 15) is 9.90 Å². The van der Waals surface area contributed by atoms with E-state index in [0.29, 0.717) is 35.5 Å². The number of rotatable bonds is 3. The third-order valence-corrected chi connectivity index (χ3v) is 4.92. The summed E-state index contributed by atoms with van der Waals surface area (Å²) in [4.78, 5) is 14.2. The average Bonchev–Trinajstić information content (AvgIpc) is 3.04. The highest BCUT2D eigenvalue weighted by atomic mass is 35.5. The van der Waals surface area contributed by atoms with E-state index in [1.807, 2.05) is 0 Å². The summed E-state index contributed by atoms with van der Waals surface area (Å²) in [6.45, 7) is 2.87. The number of anilines is 1. The molecule has 2 fully saturated rings. The van der Waals surface area contributed by atoms with Gasteiger partial charge in [0.05, 0.1) is 19.4 Å². The Bertz CT molecular complexity index is 587. The van der Waals surface area contributed by atoms with Crippen molar-refractivity contribution in [1.29, 1.82) is 0 Å². The van der Waals surface area contributed by atoms with E-state index in [4.69, 9.17) is 16.3 Å². The van der Waals surface area contributed by atoms with E-state index in [1.54, 1.807) is 30.2 Å². The molecule has 3 rings (SSSR count). The molecule has 2 atom stereocenters. The number of likely N-dealkylation sites (tertiary alicyclic amines) is 1. The number of amides is 2. The molecule has 1 aromatic rings. The van der Waals surface area contributed by atoms with Crippen LogP contribution < -0.4 is 15.4 Å². The Morgan fingerprint density at radius 3 is 3.04 bits per heavy atom. The zero-order valence-corrected chi connectivity index (χ0v) is 14.4. The largest absolute Gasteiger partial charge is 0.495 e. The highest BCUT2D eigenvalue weighted by Gasteiger charge is 2.50. The fourth-order valence-corrected chi connectivity index (χ4v) is 3.54. The quantitative estimate of drug-likeness (QED) is 0.767. The second kappa shape index (κ2) is 7.13. The molecule has 6 nitrogen and oxygen atoms in total. The van der Waals surface area contributed by atoms with E-state index in [2.05, 4.69) is 10.6 Å². The molecule has 2 unspecified atom stereocenters. The topological polar surface area (TPSA) is 73.8 Å². The first-order chi connectivity index (χ1) is 10.6. The van der Waals surface area contributed by atoms with Crippen LogP contribution in [0.3, 0.4) is 0 Å². The van der Waals surface area contributed by atoms with Crippen molar-refractivity contribution < 1.29 is 14.6 Å². The van der Waals surface area contributed by atoms with E-state index >= 15 is 0 Å². The number of ether oxygens (including phenoxy) is 1. The molecular weight excluding hydrogens is 341 g/mol. The van der Waals surface area contributed by atoms with Gasteiger partial charge in [0.15, 0.2) is 0 Å². The number of halogens is 2. The molecule has 2 heterocycles. The summed E-state index contributed by atoms with van der Waals surface area (Å²) >= 11 is 5.98. The standard InChI is InChI=1S/C15H20ClN3O3.ClH/c1-22-13-3-2-11(16)4-12(13)18-14(21)19-6-10-5-17-7-15(10,8-19)9-20;/h2-4,10,17,20H,5-9H2,1H3,(H,18,21);1H. The third-order valence-electron chi connectivity index (χ3n) is 4.69. The highest BCUT2D eigenvalue weighted by molar-refractivity contribution is 6.31. The van der Waals surface area contributed by atoms with Crippen molar-refractivity contribution in [3.05, 3.63) is 23.2 Å². The Morgan fingerprint density at radius 1 is 1.61 bits per heavy atom. The summed E-state index contributed by atoms with van der Waals surface area (Å²) < 4.78 is 5.24. The Morgan fingerprint density at radius 2 is 2.39 bits per heavy atom. The number of carbonyl (C=O) groups is 1. The number of aliphatic hydroxyl groups excluding tert-OH is 1. The maximum absolute atomic E-state index is 12.5. The Hall–Kier alpha value is -1.21. The molecule has 2 aliphatic rings. The first-order valence-electron chi connectivity index (χ1n) is 7.29. The van der Waals surface area contributed by atoms with Gasteiger partial charge >= 0.3 is 6.03 Å². The highest BCUT2D eigenvalue weighted by Crippen LogP contribution is 2.39. The lowest BCUT2D eigenvalue weighted by Crippen LogP contribution is -2.39. The fraction of sp³-hybridized carbons (Fsp3) is 0.533. The SMILES string of the molecule is COc1ccc(Cl)cc1NC(=O)N1CC2CNCC2(CO)C1.Cl. The van der Waals surface area contributed by atoms with Gasteiger partial charge in [-0.1, -0.05) is 11.6 Å². The summed E-state index contributed by atoms with van der Waals surface area (Å²) in [5.41, 5.74) is 0.337. The van der Waals surface area contributed by atoms with Crippen molar-refractivity contribution in [1.82, 2.24) is 10.2 Å². The van der Waals surface area contributed by atoms with Gasteiger partial charge in [-0.05, 0) is 24.1 Å². The number of hydrogen-bond donors (Lipinski definition) is 3. The van der Waals surface area contributed by atoms with Crippen molar-refractivity contribution >= 4 is 35.7 Å². The number of aliphatic hydroxyl groups is 1. The number of methoxy groups -OCH3 is 1. The maximum atomic E-state index is 12.5. The van der Waals surface area contributed by atoms with Gasteiger partial charge in [0, 0.05) is 36.6 Å². The van der Waals surface area contributed by atoms with Gasteiger partial charge in [0.2, 0.25) is 0 Å². The van der Waals surface area contributed by atoms with Crippen LogP contribution in [-0.2, 0) is 0 Å². The predicted octanol–water partition coefficient (Wildman–Crippen LogP) is 1.82. The summed E-state index contributed by atoms with van der Waals surface area (Å²) in [6.07, 6.45) is 0. The number of hydrogen-bond acceptors (Lipinski definition) is 4. The second-order valence-corrected chi connectivity index (χ2v) is 6.44. The number of nitrogens with one attached hydrogen (secondary N) is 2. The van der Waals surface area contributed by atoms with Crippen LogP contribution in [0.5, 0.6) is 5.75 Å². The number of fused-ring (bicyclic) bond motifs is 1. The summed E-state index contributed by atoms with van der Waals surface area (Å²) in [7, 11) is 1.55. The van der Waals surface area contributed by atoms with Crippen LogP contribution in [0, 0.1) is 11.3 Å². The van der Waals surface area contributed by atoms with Crippen LogP contribution in [0.2, 0.25) is 5.02 Å². The lowest BCUT2D eigenvalue weighted by molar-refractivity contribution is 0.127. The molecule has 3 N–H and O–H groups in total. The second-order valence-electron chi connectivity index (χ2n) is 6.00. The lowest BCUT2D eigenvalue weighted by atomic mass is 9.82. The molecule has 0 aliphatic carbocycles. The van der Waals surface area contributed by atoms with Crippen LogP contribution in [0.1, 0.15) is 0 Å². The molecule has 0 aromatic heterocycles. The summed E-state index contributed by atoms with van der Waals surface area (Å²) in [5.74, 6) is 0.861. The maximum Gasteiger partial charge on any atom is 0.321 e. The van der Waals surface area contributed by atoms with Gasteiger partial charge in [-0.3, -0.25) is 0 Å². The van der Waals surface area contributed by atoms with Crippen LogP contribution in [0.25, 0.3) is 0 Å². The molecule has 2 aliphatic heterocycles. The van der Waals surface area contributed by atoms with E-state index < -0.39 is 0 Å². The monoisotopic (exact) mass is 361 g/mol. The molecule has 23 heavy (non-hydrogen) atoms. The summed E-state index contributed by atoms with van der Waals surface area (Å²) in [6, 6.07) is 4.90. The minimum Gasteiger partial charge on any atom is -0.495 e. The van der Waals surface area contributed by atoms with Gasteiger partial charge in [0.1, 0.15) is 5.75 Å². The van der Waals surface area contributed by atoms with Crippen molar-refractivity contribution in [2.45, 2.75) is 0 Å². The molecular formula is C15H21Cl2N3O3. The Balaban J connectivity index is 0.00000192. The molecule has 2 saturated heterocycles. The Kier molecular flexibility index (Phi) is 5.62. The van der Waals surface area contributed by atoms with Gasteiger partial charge in [-0.15, -0.1) is 12.4 Å². The van der Waals surface area contributed by atoms with Crippen molar-refractivity contribution in [2.24, 2.45) is 11.3 Å². The van der Waals surface area contributed by atoms with Crippen molar-refractivity contribution in [2.75, 3.05) is 45.2 Å². The van der Waals surface area contributed by atoms with Crippen molar-refractivity contribution in [3.63, 3.8) is 0 Å². The molecule has 2 amide bonds. The van der Waals surface area contributed by atoms with Crippen LogP contribution in [0.15, 0.2) is 18.2 Å². The molecule has 128 valence electrons.